The van der Waals surface area contributed by atoms with E-state index in [1.54, 1.807) is 18.5 Å². The van der Waals surface area contributed by atoms with Crippen molar-refractivity contribution >= 4 is 10.9 Å². The predicted octanol–water partition coefficient (Wildman–Crippen LogP) is 3.21. The molecule has 0 radical (unpaired) electrons. The van der Waals surface area contributed by atoms with Crippen molar-refractivity contribution in [3.63, 3.8) is 0 Å². The van der Waals surface area contributed by atoms with Crippen LogP contribution < -0.4 is 5.56 Å². The van der Waals surface area contributed by atoms with Crippen LogP contribution in [0.15, 0.2) is 41.5 Å². The van der Waals surface area contributed by atoms with Crippen LogP contribution in [0, 0.1) is 13.8 Å². The minimum atomic E-state index is -0.0983. The maximum absolute atomic E-state index is 12.1. The summed E-state index contributed by atoms with van der Waals surface area (Å²) in [7, 11) is 0. The summed E-state index contributed by atoms with van der Waals surface area (Å²) < 4.78 is 0. The fourth-order valence-corrected chi connectivity index (χ4v) is 3.04. The molecule has 3 aromatic rings. The van der Waals surface area contributed by atoms with Crippen LogP contribution in [0.1, 0.15) is 40.8 Å². The summed E-state index contributed by atoms with van der Waals surface area (Å²) in [5.41, 5.74) is 4.59. The second-order valence-corrected chi connectivity index (χ2v) is 6.14. The van der Waals surface area contributed by atoms with E-state index in [2.05, 4.69) is 47.0 Å². The molecule has 110 valence electrons. The molecule has 0 saturated heterocycles. The molecule has 0 aliphatic heterocycles. The fourth-order valence-electron chi connectivity index (χ4n) is 3.04. The minimum absolute atomic E-state index is 0.0983. The van der Waals surface area contributed by atoms with Gasteiger partial charge in [-0.3, -0.25) is 9.78 Å². The van der Waals surface area contributed by atoms with Crippen LogP contribution in [-0.2, 0) is 0 Å². The standard InChI is InChI=1S/C18H17N3O/c1-10-3-4-12(7-11(10)2)13-8-14(13)17-20-16-5-6-19-9-15(16)18(22)21-17/h3-7,9,13-14H,8H2,1-2H3,(H,20,21,22). The lowest BCUT2D eigenvalue weighted by atomic mass is 10.0. The van der Waals surface area contributed by atoms with Gasteiger partial charge in [-0.25, -0.2) is 4.98 Å². The second kappa shape index (κ2) is 4.77. The Hall–Kier alpha value is -2.49. The van der Waals surface area contributed by atoms with Gasteiger partial charge in [0.25, 0.3) is 5.56 Å². The molecule has 2 unspecified atom stereocenters. The number of aromatic nitrogens is 3. The highest BCUT2D eigenvalue weighted by Crippen LogP contribution is 2.53. The van der Waals surface area contributed by atoms with Gasteiger partial charge >= 0.3 is 0 Å². The Balaban J connectivity index is 1.69. The summed E-state index contributed by atoms with van der Waals surface area (Å²) in [6.07, 6.45) is 4.28. The number of nitrogens with one attached hydrogen (secondary N) is 1. The predicted molar refractivity (Wildman–Crippen MR) is 86.2 cm³/mol. The average molecular weight is 291 g/mol. The summed E-state index contributed by atoms with van der Waals surface area (Å²) in [6, 6.07) is 8.41. The average Bonchev–Trinajstić information content (AvgIpc) is 3.31. The van der Waals surface area contributed by atoms with E-state index in [1.807, 2.05) is 0 Å². The third-order valence-electron chi connectivity index (χ3n) is 4.63. The Labute approximate surface area is 128 Å². The van der Waals surface area contributed by atoms with Gasteiger partial charge in [-0.1, -0.05) is 18.2 Å². The monoisotopic (exact) mass is 291 g/mol. The van der Waals surface area contributed by atoms with Crippen molar-refractivity contribution in [1.29, 1.82) is 0 Å². The van der Waals surface area contributed by atoms with E-state index in [9.17, 15) is 4.79 Å². The maximum atomic E-state index is 12.1. The number of aromatic amines is 1. The zero-order valence-electron chi connectivity index (χ0n) is 12.6. The second-order valence-electron chi connectivity index (χ2n) is 6.14. The van der Waals surface area contributed by atoms with E-state index in [1.165, 1.54) is 16.7 Å². The molecule has 2 heterocycles. The SMILES string of the molecule is Cc1ccc(C2CC2c2nc3ccncc3c(=O)[nH]2)cc1C. The Bertz CT molecular complexity index is 929. The Morgan fingerprint density at radius 1 is 1.14 bits per heavy atom. The summed E-state index contributed by atoms with van der Waals surface area (Å²) in [5.74, 6) is 1.57. The van der Waals surface area contributed by atoms with Gasteiger partial charge in [-0.15, -0.1) is 0 Å². The molecule has 22 heavy (non-hydrogen) atoms. The van der Waals surface area contributed by atoms with Crippen LogP contribution in [0.3, 0.4) is 0 Å². The van der Waals surface area contributed by atoms with Crippen molar-refractivity contribution < 1.29 is 0 Å². The molecule has 1 N–H and O–H groups in total. The topological polar surface area (TPSA) is 58.6 Å². The van der Waals surface area contributed by atoms with Crippen molar-refractivity contribution in [2.24, 2.45) is 0 Å². The highest BCUT2D eigenvalue weighted by Gasteiger charge is 2.41. The van der Waals surface area contributed by atoms with E-state index in [0.717, 1.165) is 17.8 Å². The number of rotatable bonds is 2. The van der Waals surface area contributed by atoms with E-state index in [0.29, 0.717) is 17.2 Å². The first-order chi connectivity index (χ1) is 10.6. The number of H-pyrrole nitrogens is 1. The molecule has 1 aliphatic rings. The quantitative estimate of drug-likeness (QED) is 0.788. The van der Waals surface area contributed by atoms with Gasteiger partial charge in [0.1, 0.15) is 5.82 Å². The molecule has 4 heteroatoms. The largest absolute Gasteiger partial charge is 0.310 e. The number of aryl methyl sites for hydroxylation is 2. The first-order valence-electron chi connectivity index (χ1n) is 7.54. The smallest absolute Gasteiger partial charge is 0.260 e. The number of fused-ring (bicyclic) bond motifs is 1. The molecule has 1 aromatic carbocycles. The van der Waals surface area contributed by atoms with Crippen molar-refractivity contribution in [2.45, 2.75) is 32.1 Å². The summed E-state index contributed by atoms with van der Waals surface area (Å²) in [5, 5.41) is 0.551. The number of pyridine rings is 1. The molecule has 0 bridgehead atoms. The van der Waals surface area contributed by atoms with E-state index in [-0.39, 0.29) is 5.56 Å². The van der Waals surface area contributed by atoms with Crippen molar-refractivity contribution in [3.05, 3.63) is 69.5 Å². The van der Waals surface area contributed by atoms with Gasteiger partial charge in [-0.05, 0) is 48.9 Å². The maximum Gasteiger partial charge on any atom is 0.260 e. The molecule has 4 nitrogen and oxygen atoms in total. The highest BCUT2D eigenvalue weighted by molar-refractivity contribution is 5.76. The van der Waals surface area contributed by atoms with E-state index < -0.39 is 0 Å². The van der Waals surface area contributed by atoms with Crippen LogP contribution in [0.5, 0.6) is 0 Å². The van der Waals surface area contributed by atoms with Gasteiger partial charge in [0.15, 0.2) is 0 Å². The lowest BCUT2D eigenvalue weighted by Crippen LogP contribution is -2.11. The third-order valence-corrected chi connectivity index (χ3v) is 4.63. The van der Waals surface area contributed by atoms with Crippen LogP contribution in [0.2, 0.25) is 0 Å². The molecule has 0 spiro atoms. The Kier molecular flexibility index (Phi) is 2.86. The highest BCUT2D eigenvalue weighted by atomic mass is 16.1. The zero-order valence-corrected chi connectivity index (χ0v) is 12.6. The van der Waals surface area contributed by atoms with E-state index >= 15 is 0 Å². The Morgan fingerprint density at radius 2 is 2.00 bits per heavy atom. The zero-order chi connectivity index (χ0) is 15.3. The molecule has 4 rings (SSSR count). The first-order valence-corrected chi connectivity index (χ1v) is 7.54. The fraction of sp³-hybridized carbons (Fsp3) is 0.278. The summed E-state index contributed by atoms with van der Waals surface area (Å²) >= 11 is 0. The van der Waals surface area contributed by atoms with Gasteiger partial charge in [-0.2, -0.15) is 0 Å². The van der Waals surface area contributed by atoms with Gasteiger partial charge in [0, 0.05) is 18.3 Å². The molecule has 1 saturated carbocycles. The molecule has 0 amide bonds. The molecule has 2 aromatic heterocycles. The normalized spacial score (nSPS) is 20.3. The van der Waals surface area contributed by atoms with Crippen LogP contribution in [0.25, 0.3) is 10.9 Å². The lowest BCUT2D eigenvalue weighted by Gasteiger charge is -2.05. The van der Waals surface area contributed by atoms with Crippen LogP contribution in [-0.4, -0.2) is 15.0 Å². The minimum Gasteiger partial charge on any atom is -0.310 e. The van der Waals surface area contributed by atoms with E-state index in [4.69, 9.17) is 0 Å². The van der Waals surface area contributed by atoms with Crippen molar-refractivity contribution in [1.82, 2.24) is 15.0 Å². The lowest BCUT2D eigenvalue weighted by molar-refractivity contribution is 0.896. The Morgan fingerprint density at radius 3 is 2.82 bits per heavy atom. The third kappa shape index (κ3) is 2.11. The van der Waals surface area contributed by atoms with Crippen molar-refractivity contribution in [2.75, 3.05) is 0 Å². The van der Waals surface area contributed by atoms with Crippen LogP contribution >= 0.6 is 0 Å². The number of nitrogens with zero attached hydrogens (tertiary/aromatic N) is 2. The number of benzene rings is 1. The summed E-state index contributed by atoms with van der Waals surface area (Å²) in [6.45, 7) is 4.26. The molecular weight excluding hydrogens is 274 g/mol. The molecular formula is C18H17N3O. The van der Waals surface area contributed by atoms with Gasteiger partial charge in [0.05, 0.1) is 10.9 Å². The van der Waals surface area contributed by atoms with Gasteiger partial charge < -0.3 is 4.98 Å². The molecule has 2 atom stereocenters. The van der Waals surface area contributed by atoms with Gasteiger partial charge in [0.2, 0.25) is 0 Å². The number of hydrogen-bond acceptors (Lipinski definition) is 3. The molecule has 1 fully saturated rings. The summed E-state index contributed by atoms with van der Waals surface area (Å²) in [4.78, 5) is 23.7. The van der Waals surface area contributed by atoms with Crippen molar-refractivity contribution in [3.8, 4) is 0 Å². The number of hydrogen-bond donors (Lipinski definition) is 1. The molecule has 1 aliphatic carbocycles. The first kappa shape index (κ1) is 13.2. The van der Waals surface area contributed by atoms with Crippen LogP contribution in [0.4, 0.5) is 0 Å².